The first kappa shape index (κ1) is 16.5. The molecule has 2 aromatic rings. The summed E-state index contributed by atoms with van der Waals surface area (Å²) in [6.07, 6.45) is 3.54. The number of fused-ring (bicyclic) bond motifs is 1. The first-order valence-corrected chi connectivity index (χ1v) is 8.92. The van der Waals surface area contributed by atoms with Crippen LogP contribution in [-0.4, -0.2) is 29.3 Å². The average Bonchev–Trinajstić information content (AvgIpc) is 3.23. The van der Waals surface area contributed by atoms with Crippen molar-refractivity contribution in [1.82, 2.24) is 4.90 Å². The maximum absolute atomic E-state index is 12.8. The normalized spacial score (nSPS) is 18.8. The second-order valence-electron chi connectivity index (χ2n) is 5.66. The standard InChI is InChI=1S/C20H16N2O3S/c1-2-10-22-19(23)18(26-20(22)21-15-6-4-3-5-7-15)12-14-8-9-16-17(11-14)25-13-24-16/h2-9,11-12H,1,10,13H2. The molecule has 0 aromatic heterocycles. The van der Waals surface area contributed by atoms with Crippen molar-refractivity contribution < 1.29 is 14.3 Å². The van der Waals surface area contributed by atoms with Crippen LogP contribution in [0.1, 0.15) is 5.56 Å². The zero-order chi connectivity index (χ0) is 17.9. The van der Waals surface area contributed by atoms with Crippen LogP contribution in [0, 0.1) is 0 Å². The van der Waals surface area contributed by atoms with E-state index in [0.717, 1.165) is 17.0 Å². The number of amides is 1. The highest BCUT2D eigenvalue weighted by Crippen LogP contribution is 2.37. The molecular formula is C20H16N2O3S. The van der Waals surface area contributed by atoms with Crippen LogP contribution in [0.2, 0.25) is 0 Å². The number of benzene rings is 2. The number of nitrogens with zero attached hydrogens (tertiary/aromatic N) is 2. The Morgan fingerprint density at radius 2 is 1.96 bits per heavy atom. The number of hydrogen-bond donors (Lipinski definition) is 0. The molecule has 1 amide bonds. The van der Waals surface area contributed by atoms with Gasteiger partial charge in [-0.25, -0.2) is 4.99 Å². The van der Waals surface area contributed by atoms with Crippen molar-refractivity contribution in [2.24, 2.45) is 4.99 Å². The van der Waals surface area contributed by atoms with E-state index in [0.29, 0.717) is 22.4 Å². The molecule has 6 heteroatoms. The van der Waals surface area contributed by atoms with Crippen molar-refractivity contribution in [2.45, 2.75) is 0 Å². The van der Waals surface area contributed by atoms with Gasteiger partial charge in [-0.2, -0.15) is 0 Å². The van der Waals surface area contributed by atoms with E-state index in [1.807, 2.05) is 54.6 Å². The summed E-state index contributed by atoms with van der Waals surface area (Å²) in [5, 5.41) is 0.646. The lowest BCUT2D eigenvalue weighted by Gasteiger charge is -2.12. The SMILES string of the molecule is C=CCN1C(=O)C(=Cc2ccc3c(c2)OCO3)SC1=Nc1ccccc1. The van der Waals surface area contributed by atoms with Gasteiger partial charge >= 0.3 is 0 Å². The Bertz CT molecular complexity index is 922. The Kier molecular flexibility index (Phi) is 4.50. The highest BCUT2D eigenvalue weighted by molar-refractivity contribution is 8.18. The van der Waals surface area contributed by atoms with E-state index in [2.05, 4.69) is 11.6 Å². The minimum absolute atomic E-state index is 0.0813. The number of rotatable bonds is 4. The topological polar surface area (TPSA) is 51.1 Å². The van der Waals surface area contributed by atoms with Crippen molar-refractivity contribution in [2.75, 3.05) is 13.3 Å². The van der Waals surface area contributed by atoms with Gasteiger partial charge in [-0.3, -0.25) is 9.69 Å². The van der Waals surface area contributed by atoms with E-state index < -0.39 is 0 Å². The lowest BCUT2D eigenvalue weighted by atomic mass is 10.2. The minimum Gasteiger partial charge on any atom is -0.454 e. The van der Waals surface area contributed by atoms with Gasteiger partial charge in [0.15, 0.2) is 16.7 Å². The molecule has 0 saturated carbocycles. The molecule has 2 heterocycles. The molecule has 0 unspecified atom stereocenters. The Morgan fingerprint density at radius 3 is 2.77 bits per heavy atom. The van der Waals surface area contributed by atoms with Gasteiger partial charge in [0.2, 0.25) is 6.79 Å². The van der Waals surface area contributed by atoms with E-state index >= 15 is 0 Å². The number of ether oxygens (including phenoxy) is 2. The van der Waals surface area contributed by atoms with Gasteiger partial charge in [-0.05, 0) is 47.7 Å². The van der Waals surface area contributed by atoms with Gasteiger partial charge in [0.25, 0.3) is 5.91 Å². The van der Waals surface area contributed by atoms with Gasteiger partial charge < -0.3 is 9.47 Å². The molecule has 26 heavy (non-hydrogen) atoms. The Labute approximate surface area is 155 Å². The third kappa shape index (κ3) is 3.23. The molecular weight excluding hydrogens is 348 g/mol. The zero-order valence-corrected chi connectivity index (χ0v) is 14.7. The fourth-order valence-corrected chi connectivity index (χ4v) is 3.66. The Balaban J connectivity index is 1.66. The summed E-state index contributed by atoms with van der Waals surface area (Å²) in [6.45, 7) is 4.38. The smallest absolute Gasteiger partial charge is 0.267 e. The highest BCUT2D eigenvalue weighted by atomic mass is 32.2. The van der Waals surface area contributed by atoms with Crippen LogP contribution in [0.3, 0.4) is 0 Å². The molecule has 0 radical (unpaired) electrons. The number of hydrogen-bond acceptors (Lipinski definition) is 5. The van der Waals surface area contributed by atoms with Gasteiger partial charge in [0.05, 0.1) is 10.6 Å². The van der Waals surface area contributed by atoms with Gasteiger partial charge in [0.1, 0.15) is 0 Å². The van der Waals surface area contributed by atoms with E-state index in [1.54, 1.807) is 11.0 Å². The van der Waals surface area contributed by atoms with Crippen molar-refractivity contribution in [3.05, 3.63) is 71.7 Å². The van der Waals surface area contributed by atoms with E-state index in [1.165, 1.54) is 11.8 Å². The first-order valence-electron chi connectivity index (χ1n) is 8.10. The van der Waals surface area contributed by atoms with Crippen LogP contribution in [0.5, 0.6) is 11.5 Å². The number of carbonyl (C=O) groups excluding carboxylic acids is 1. The van der Waals surface area contributed by atoms with Gasteiger partial charge in [0, 0.05) is 6.54 Å². The maximum atomic E-state index is 12.8. The number of para-hydroxylation sites is 1. The molecule has 0 spiro atoms. The van der Waals surface area contributed by atoms with Gasteiger partial charge in [-0.1, -0.05) is 30.3 Å². The predicted molar refractivity (Wildman–Crippen MR) is 104 cm³/mol. The van der Waals surface area contributed by atoms with E-state index in [-0.39, 0.29) is 12.7 Å². The van der Waals surface area contributed by atoms with Gasteiger partial charge in [-0.15, -0.1) is 6.58 Å². The van der Waals surface area contributed by atoms with E-state index in [4.69, 9.17) is 9.47 Å². The van der Waals surface area contributed by atoms with Crippen LogP contribution in [0.4, 0.5) is 5.69 Å². The molecule has 0 aliphatic carbocycles. The van der Waals surface area contributed by atoms with Crippen LogP contribution in [-0.2, 0) is 4.79 Å². The quantitative estimate of drug-likeness (QED) is 0.602. The maximum Gasteiger partial charge on any atom is 0.267 e. The molecule has 0 N–H and O–H groups in total. The van der Waals surface area contributed by atoms with Crippen LogP contribution in [0.25, 0.3) is 6.08 Å². The Morgan fingerprint density at radius 1 is 1.15 bits per heavy atom. The lowest BCUT2D eigenvalue weighted by Crippen LogP contribution is -2.29. The van der Waals surface area contributed by atoms with Crippen molar-refractivity contribution >= 4 is 34.6 Å². The number of carbonyl (C=O) groups is 1. The summed E-state index contributed by atoms with van der Waals surface area (Å²) in [7, 11) is 0. The third-order valence-electron chi connectivity index (χ3n) is 3.88. The molecule has 4 rings (SSSR count). The van der Waals surface area contributed by atoms with Crippen LogP contribution >= 0.6 is 11.8 Å². The summed E-state index contributed by atoms with van der Waals surface area (Å²) in [5.74, 6) is 1.33. The van der Waals surface area contributed by atoms with Crippen LogP contribution in [0.15, 0.2) is 71.1 Å². The second-order valence-corrected chi connectivity index (χ2v) is 6.67. The largest absolute Gasteiger partial charge is 0.454 e. The fourth-order valence-electron chi connectivity index (χ4n) is 2.65. The number of amidine groups is 1. The predicted octanol–water partition coefficient (Wildman–Crippen LogP) is 4.21. The summed E-state index contributed by atoms with van der Waals surface area (Å²) in [5.41, 5.74) is 1.69. The Hall–Kier alpha value is -2.99. The summed E-state index contributed by atoms with van der Waals surface area (Å²) < 4.78 is 10.7. The highest BCUT2D eigenvalue weighted by Gasteiger charge is 2.32. The zero-order valence-electron chi connectivity index (χ0n) is 13.9. The molecule has 2 aliphatic rings. The third-order valence-corrected chi connectivity index (χ3v) is 4.88. The average molecular weight is 364 g/mol. The molecule has 1 saturated heterocycles. The monoisotopic (exact) mass is 364 g/mol. The first-order chi connectivity index (χ1) is 12.7. The fraction of sp³-hybridized carbons (Fsp3) is 0.100. The summed E-state index contributed by atoms with van der Waals surface area (Å²) in [6, 6.07) is 15.2. The van der Waals surface area contributed by atoms with Crippen molar-refractivity contribution in [1.29, 1.82) is 0 Å². The summed E-state index contributed by atoms with van der Waals surface area (Å²) in [4.78, 5) is 19.6. The van der Waals surface area contributed by atoms with Crippen LogP contribution < -0.4 is 9.47 Å². The molecule has 1 fully saturated rings. The lowest BCUT2D eigenvalue weighted by molar-refractivity contribution is -0.121. The molecule has 130 valence electrons. The molecule has 2 aromatic carbocycles. The number of thioether (sulfide) groups is 1. The molecule has 2 aliphatic heterocycles. The molecule has 0 atom stereocenters. The molecule has 0 bridgehead atoms. The second kappa shape index (κ2) is 7.09. The van der Waals surface area contributed by atoms with Crippen molar-refractivity contribution in [3.63, 3.8) is 0 Å². The molecule has 5 nitrogen and oxygen atoms in total. The summed E-state index contributed by atoms with van der Waals surface area (Å²) >= 11 is 1.36. The van der Waals surface area contributed by atoms with E-state index in [9.17, 15) is 4.79 Å². The minimum atomic E-state index is -0.0813. The van der Waals surface area contributed by atoms with Crippen molar-refractivity contribution in [3.8, 4) is 11.5 Å². The number of aliphatic imine (C=N–C) groups is 1.